The Hall–Kier alpha value is -0.300. The average molecular weight is 339 g/mol. The first-order valence-electron chi connectivity index (χ1n) is 11.1. The fourth-order valence-electron chi connectivity index (χ4n) is 3.23. The van der Waals surface area contributed by atoms with E-state index < -0.39 is 0 Å². The van der Waals surface area contributed by atoms with Gasteiger partial charge in [0.15, 0.2) is 0 Å². The van der Waals surface area contributed by atoms with Crippen molar-refractivity contribution in [3.05, 3.63) is 12.2 Å². The van der Waals surface area contributed by atoms with Crippen LogP contribution in [0.2, 0.25) is 0 Å². The van der Waals surface area contributed by atoms with Crippen LogP contribution in [-0.4, -0.2) is 11.2 Å². The molecule has 0 unspecified atom stereocenters. The van der Waals surface area contributed by atoms with E-state index in [1.165, 1.54) is 103 Å². The molecule has 0 heterocycles. The summed E-state index contributed by atoms with van der Waals surface area (Å²) in [6, 6.07) is 0. The first-order chi connectivity index (χ1) is 11.8. The van der Waals surface area contributed by atoms with Gasteiger partial charge < -0.3 is 5.11 Å². The number of rotatable bonds is 19. The average Bonchev–Trinajstić information content (AvgIpc) is 2.59. The fourth-order valence-corrected chi connectivity index (χ4v) is 3.23. The largest absolute Gasteiger partial charge is 0.393 e. The van der Waals surface area contributed by atoms with Gasteiger partial charge in [-0.15, -0.1) is 0 Å². The van der Waals surface area contributed by atoms with Crippen molar-refractivity contribution in [2.75, 3.05) is 0 Å². The Morgan fingerprint density at radius 3 is 1.42 bits per heavy atom. The van der Waals surface area contributed by atoms with Crippen LogP contribution in [0.1, 0.15) is 129 Å². The zero-order chi connectivity index (χ0) is 17.7. The number of hydrogen-bond donors (Lipinski definition) is 1. The second-order valence-corrected chi connectivity index (χ2v) is 7.52. The number of aliphatic hydroxyl groups excluding tert-OH is 1. The van der Waals surface area contributed by atoms with Crippen molar-refractivity contribution in [3.8, 4) is 0 Å². The van der Waals surface area contributed by atoms with E-state index in [4.69, 9.17) is 0 Å². The summed E-state index contributed by atoms with van der Waals surface area (Å²) in [4.78, 5) is 0. The van der Waals surface area contributed by atoms with Crippen molar-refractivity contribution >= 4 is 0 Å². The maximum atomic E-state index is 9.93. The van der Waals surface area contributed by atoms with Crippen molar-refractivity contribution in [3.63, 3.8) is 0 Å². The zero-order valence-corrected chi connectivity index (χ0v) is 16.9. The Labute approximate surface area is 153 Å². The summed E-state index contributed by atoms with van der Waals surface area (Å²) in [6.07, 6.45) is 27.9. The highest BCUT2D eigenvalue weighted by molar-refractivity contribution is 4.81. The molecule has 144 valence electrons. The van der Waals surface area contributed by atoms with E-state index in [2.05, 4.69) is 26.0 Å². The first kappa shape index (κ1) is 23.7. The molecule has 0 fully saturated rings. The molecule has 0 spiro atoms. The number of unbranched alkanes of at least 4 members (excludes halogenated alkanes) is 13. The molecule has 0 amide bonds. The van der Waals surface area contributed by atoms with Gasteiger partial charge in [0.05, 0.1) is 6.10 Å². The van der Waals surface area contributed by atoms with Crippen LogP contribution in [0.4, 0.5) is 0 Å². The minimum absolute atomic E-state index is 0.0377. The second-order valence-electron chi connectivity index (χ2n) is 7.52. The topological polar surface area (TPSA) is 20.2 Å². The van der Waals surface area contributed by atoms with Gasteiger partial charge in [-0.05, 0) is 38.5 Å². The molecule has 1 heteroatoms. The van der Waals surface area contributed by atoms with Crippen molar-refractivity contribution < 1.29 is 5.11 Å². The zero-order valence-electron chi connectivity index (χ0n) is 16.9. The maximum Gasteiger partial charge on any atom is 0.0540 e. The van der Waals surface area contributed by atoms with Gasteiger partial charge in [0.1, 0.15) is 0 Å². The predicted molar refractivity (Wildman–Crippen MR) is 110 cm³/mol. The molecule has 1 N–H and O–H groups in total. The van der Waals surface area contributed by atoms with E-state index in [1.807, 2.05) is 0 Å². The first-order valence-corrected chi connectivity index (χ1v) is 11.1. The Balaban J connectivity index is 3.15. The number of allylic oxidation sites excluding steroid dienone is 2. The molecule has 1 nitrogen and oxygen atoms in total. The quantitative estimate of drug-likeness (QED) is 0.187. The van der Waals surface area contributed by atoms with E-state index in [0.717, 1.165) is 12.8 Å². The highest BCUT2D eigenvalue weighted by atomic mass is 16.3. The maximum absolute atomic E-state index is 9.93. The second kappa shape index (κ2) is 20.7. The molecule has 0 aromatic carbocycles. The van der Waals surface area contributed by atoms with Crippen LogP contribution in [0, 0.1) is 0 Å². The van der Waals surface area contributed by atoms with E-state index >= 15 is 0 Å². The summed E-state index contributed by atoms with van der Waals surface area (Å²) in [5.41, 5.74) is 0. The minimum Gasteiger partial charge on any atom is -0.393 e. The lowest BCUT2D eigenvalue weighted by molar-refractivity contribution is 0.147. The van der Waals surface area contributed by atoms with Gasteiger partial charge in [0.2, 0.25) is 0 Å². The molecule has 0 aliphatic heterocycles. The lowest BCUT2D eigenvalue weighted by atomic mass is 10.0. The van der Waals surface area contributed by atoms with Gasteiger partial charge in [-0.1, -0.05) is 103 Å². The molecule has 1 atom stereocenters. The van der Waals surface area contributed by atoms with Gasteiger partial charge in [-0.25, -0.2) is 0 Å². The summed E-state index contributed by atoms with van der Waals surface area (Å²) in [7, 11) is 0. The lowest BCUT2D eigenvalue weighted by Crippen LogP contribution is -2.05. The Morgan fingerprint density at radius 2 is 0.917 bits per heavy atom. The molecule has 0 bridgehead atoms. The van der Waals surface area contributed by atoms with Crippen LogP contribution in [0.15, 0.2) is 12.2 Å². The van der Waals surface area contributed by atoms with Crippen LogP contribution in [0.25, 0.3) is 0 Å². The van der Waals surface area contributed by atoms with E-state index in [1.54, 1.807) is 0 Å². The summed E-state index contributed by atoms with van der Waals surface area (Å²) in [5.74, 6) is 0. The van der Waals surface area contributed by atoms with E-state index in [-0.39, 0.29) is 6.10 Å². The van der Waals surface area contributed by atoms with Gasteiger partial charge in [-0.3, -0.25) is 0 Å². The van der Waals surface area contributed by atoms with Crippen LogP contribution in [-0.2, 0) is 0 Å². The van der Waals surface area contributed by atoms with Crippen LogP contribution in [0.5, 0.6) is 0 Å². The van der Waals surface area contributed by atoms with Crippen molar-refractivity contribution in [1.82, 2.24) is 0 Å². The Kier molecular flexibility index (Phi) is 20.5. The van der Waals surface area contributed by atoms with E-state index in [9.17, 15) is 5.11 Å². The molecule has 0 aromatic heterocycles. The lowest BCUT2D eigenvalue weighted by Gasteiger charge is -2.09. The molecule has 0 radical (unpaired) electrons. The van der Waals surface area contributed by atoms with E-state index in [0.29, 0.717) is 0 Å². The summed E-state index contributed by atoms with van der Waals surface area (Å²) < 4.78 is 0. The third kappa shape index (κ3) is 19.7. The number of aliphatic hydroxyl groups is 1. The molecular formula is C23H46O. The van der Waals surface area contributed by atoms with Gasteiger partial charge in [0.25, 0.3) is 0 Å². The standard InChI is InChI=1S/C23H46O/c1-3-5-7-9-10-11-12-13-14-15-16-17-18-20-22-23(24)21-19-8-6-4-2/h11-12,23-24H,3-10,13-22H2,1-2H3/t23-/m1/s1. The van der Waals surface area contributed by atoms with Crippen molar-refractivity contribution in [2.45, 2.75) is 136 Å². The highest BCUT2D eigenvalue weighted by Crippen LogP contribution is 2.14. The van der Waals surface area contributed by atoms with Crippen molar-refractivity contribution in [1.29, 1.82) is 0 Å². The summed E-state index contributed by atoms with van der Waals surface area (Å²) >= 11 is 0. The van der Waals surface area contributed by atoms with Gasteiger partial charge >= 0.3 is 0 Å². The third-order valence-electron chi connectivity index (χ3n) is 4.94. The third-order valence-corrected chi connectivity index (χ3v) is 4.94. The Morgan fingerprint density at radius 1 is 0.542 bits per heavy atom. The summed E-state index contributed by atoms with van der Waals surface area (Å²) in [5, 5.41) is 9.93. The predicted octanol–water partition coefficient (Wildman–Crippen LogP) is 7.97. The van der Waals surface area contributed by atoms with Crippen LogP contribution >= 0.6 is 0 Å². The normalized spacial score (nSPS) is 13.0. The molecule has 0 saturated heterocycles. The SMILES string of the molecule is CCCCCCC=CCCCCCCCC[C@H](O)CCCCCC. The van der Waals surface area contributed by atoms with Crippen LogP contribution in [0.3, 0.4) is 0 Å². The monoisotopic (exact) mass is 338 g/mol. The number of hydrogen-bond acceptors (Lipinski definition) is 1. The molecule has 0 saturated carbocycles. The molecule has 0 aromatic rings. The van der Waals surface area contributed by atoms with Crippen molar-refractivity contribution in [2.24, 2.45) is 0 Å². The Bertz CT molecular complexity index is 246. The smallest absolute Gasteiger partial charge is 0.0540 e. The molecule has 0 aliphatic carbocycles. The molecule has 0 aliphatic rings. The fraction of sp³-hybridized carbons (Fsp3) is 0.913. The van der Waals surface area contributed by atoms with Gasteiger partial charge in [0, 0.05) is 0 Å². The minimum atomic E-state index is -0.0377. The summed E-state index contributed by atoms with van der Waals surface area (Å²) in [6.45, 7) is 4.51. The molecule has 24 heavy (non-hydrogen) atoms. The van der Waals surface area contributed by atoms with Crippen LogP contribution < -0.4 is 0 Å². The highest BCUT2D eigenvalue weighted by Gasteiger charge is 2.03. The van der Waals surface area contributed by atoms with Gasteiger partial charge in [-0.2, -0.15) is 0 Å². The molecule has 0 rings (SSSR count). The molecular weight excluding hydrogens is 292 g/mol.